The fraction of sp³-hybridized carbons (Fsp3) is 0.276. The molecule has 0 radical (unpaired) electrons. The number of nitrogen functional groups attached to an aromatic ring is 1. The number of amides is 1. The van der Waals surface area contributed by atoms with Gasteiger partial charge in [0.2, 0.25) is 0 Å². The van der Waals surface area contributed by atoms with Crippen molar-refractivity contribution in [1.82, 2.24) is 24.5 Å². The topological polar surface area (TPSA) is 131 Å². The van der Waals surface area contributed by atoms with Crippen LogP contribution in [-0.2, 0) is 13.0 Å². The number of rotatable bonds is 7. The molecular weight excluding hydrogens is 480 g/mol. The summed E-state index contributed by atoms with van der Waals surface area (Å²) in [7, 11) is 0. The highest BCUT2D eigenvalue weighted by Crippen LogP contribution is 2.31. The van der Waals surface area contributed by atoms with Crippen molar-refractivity contribution < 1.29 is 4.79 Å². The number of nitrogens with one attached hydrogen (secondary N) is 3. The average molecular weight is 513 g/mol. The molecule has 0 saturated heterocycles. The normalized spacial score (nSPS) is 11.6. The lowest BCUT2D eigenvalue weighted by Crippen LogP contribution is -2.28. The van der Waals surface area contributed by atoms with Gasteiger partial charge >= 0.3 is 5.69 Å². The molecule has 3 heterocycles. The molecule has 0 unspecified atom stereocenters. The summed E-state index contributed by atoms with van der Waals surface area (Å²) in [4.78, 5) is 43.9. The molecule has 9 heteroatoms. The van der Waals surface area contributed by atoms with Crippen molar-refractivity contribution in [3.63, 3.8) is 0 Å². The fourth-order valence-electron chi connectivity index (χ4n) is 5.11. The molecule has 5 N–H and O–H groups in total. The zero-order chi connectivity index (χ0) is 27.1. The summed E-state index contributed by atoms with van der Waals surface area (Å²) in [6, 6.07) is 13.5. The van der Waals surface area contributed by atoms with Gasteiger partial charge in [-0.2, -0.15) is 0 Å². The van der Waals surface area contributed by atoms with Crippen LogP contribution < -0.4 is 22.4 Å². The lowest BCUT2D eigenvalue weighted by Gasteiger charge is -2.14. The third-order valence-electron chi connectivity index (χ3n) is 7.00. The van der Waals surface area contributed by atoms with Gasteiger partial charge in [0, 0.05) is 46.5 Å². The number of carbonyl (C=O) groups is 1. The van der Waals surface area contributed by atoms with E-state index in [2.05, 4.69) is 46.7 Å². The maximum atomic E-state index is 13.6. The van der Waals surface area contributed by atoms with Crippen molar-refractivity contribution in [2.75, 3.05) is 5.84 Å². The number of hydrogen-bond acceptors (Lipinski definition) is 4. The smallest absolute Gasteiger partial charge is 0.344 e. The molecular formula is C29H32N6O3. The van der Waals surface area contributed by atoms with Gasteiger partial charge in [-0.15, -0.1) is 0 Å². The fourth-order valence-corrected chi connectivity index (χ4v) is 5.11. The van der Waals surface area contributed by atoms with Crippen molar-refractivity contribution in [3.05, 3.63) is 91.9 Å². The van der Waals surface area contributed by atoms with E-state index in [-0.39, 0.29) is 24.1 Å². The first-order valence-corrected chi connectivity index (χ1v) is 12.8. The number of nitrogens with two attached hydrogens (primary N) is 1. The van der Waals surface area contributed by atoms with Gasteiger partial charge in [0.15, 0.2) is 0 Å². The zero-order valence-corrected chi connectivity index (χ0v) is 22.0. The molecule has 5 rings (SSSR count). The monoisotopic (exact) mass is 512 g/mol. The van der Waals surface area contributed by atoms with Crippen LogP contribution in [0.25, 0.3) is 33.1 Å². The van der Waals surface area contributed by atoms with Crippen LogP contribution >= 0.6 is 0 Å². The molecule has 0 aliphatic rings. The molecule has 0 aliphatic carbocycles. The molecule has 0 bridgehead atoms. The molecule has 0 saturated carbocycles. The second kappa shape index (κ2) is 9.74. The minimum absolute atomic E-state index is 0.137. The van der Waals surface area contributed by atoms with Crippen molar-refractivity contribution in [2.45, 2.75) is 53.1 Å². The highest BCUT2D eigenvalue weighted by Gasteiger charge is 2.18. The van der Waals surface area contributed by atoms with Crippen LogP contribution in [0.5, 0.6) is 0 Å². The first-order chi connectivity index (χ1) is 18.2. The summed E-state index contributed by atoms with van der Waals surface area (Å²) in [5.74, 6) is 5.57. The van der Waals surface area contributed by atoms with Crippen molar-refractivity contribution in [3.8, 4) is 11.1 Å². The number of aromatic nitrogens is 4. The molecule has 0 aliphatic heterocycles. The molecule has 1 amide bonds. The second-order valence-electron chi connectivity index (χ2n) is 10.0. The predicted octanol–water partition coefficient (Wildman–Crippen LogP) is 4.13. The van der Waals surface area contributed by atoms with Gasteiger partial charge in [-0.3, -0.25) is 9.59 Å². The third kappa shape index (κ3) is 4.40. The Bertz CT molecular complexity index is 1800. The largest absolute Gasteiger partial charge is 0.348 e. The first-order valence-electron chi connectivity index (χ1n) is 12.8. The Labute approximate surface area is 219 Å². The molecule has 196 valence electrons. The van der Waals surface area contributed by atoms with Crippen LogP contribution in [0.3, 0.4) is 0 Å². The van der Waals surface area contributed by atoms with Crippen molar-refractivity contribution in [2.24, 2.45) is 0 Å². The number of imidazole rings is 1. The molecule has 38 heavy (non-hydrogen) atoms. The van der Waals surface area contributed by atoms with E-state index in [4.69, 9.17) is 5.84 Å². The quantitative estimate of drug-likeness (QED) is 0.244. The van der Waals surface area contributed by atoms with Crippen LogP contribution in [0.2, 0.25) is 0 Å². The van der Waals surface area contributed by atoms with E-state index >= 15 is 0 Å². The van der Waals surface area contributed by atoms with Gasteiger partial charge in [0.25, 0.3) is 11.5 Å². The summed E-state index contributed by atoms with van der Waals surface area (Å²) in [6.45, 7) is 8.24. The van der Waals surface area contributed by atoms with E-state index in [9.17, 15) is 14.4 Å². The van der Waals surface area contributed by atoms with E-state index in [1.54, 1.807) is 6.07 Å². The van der Waals surface area contributed by atoms with E-state index < -0.39 is 5.69 Å². The molecule has 9 nitrogen and oxygen atoms in total. The Balaban J connectivity index is 1.58. The van der Waals surface area contributed by atoms with E-state index in [0.717, 1.165) is 50.8 Å². The van der Waals surface area contributed by atoms with Crippen LogP contribution in [0.1, 0.15) is 60.4 Å². The summed E-state index contributed by atoms with van der Waals surface area (Å²) in [6.07, 6.45) is 3.65. The number of fused-ring (bicyclic) bond motifs is 2. The lowest BCUT2D eigenvalue weighted by atomic mass is 9.99. The average Bonchev–Trinajstić information content (AvgIpc) is 3.43. The number of nitrogens with zero attached hydrogens (tertiary/aromatic N) is 2. The standard InChI is InChI=1S/C29H32N6O3/c1-5-6-19-11-17(4)32-28(37)23(19)15-31-27(36)22-12-20(14-26-21(22)9-10-34(26)16(2)3)18-7-8-25-24(13-18)33-29(38)35(25)30/h7-14,16H,5-6,15,30H2,1-4H3,(H,31,36)(H,32,37)(H,33,38). The number of aromatic amines is 2. The summed E-state index contributed by atoms with van der Waals surface area (Å²) < 4.78 is 3.20. The molecule has 2 aromatic carbocycles. The summed E-state index contributed by atoms with van der Waals surface area (Å²) >= 11 is 0. The Morgan fingerprint density at radius 1 is 1.03 bits per heavy atom. The number of carbonyl (C=O) groups excluding carboxylic acids is 1. The first kappa shape index (κ1) is 25.1. The Morgan fingerprint density at radius 2 is 1.82 bits per heavy atom. The lowest BCUT2D eigenvalue weighted by molar-refractivity contribution is 0.0952. The number of hydrogen-bond donors (Lipinski definition) is 4. The van der Waals surface area contributed by atoms with Gasteiger partial charge in [0.1, 0.15) is 0 Å². The number of aryl methyl sites for hydroxylation is 2. The number of H-pyrrole nitrogens is 2. The highest BCUT2D eigenvalue weighted by atomic mass is 16.2. The van der Waals surface area contributed by atoms with Gasteiger partial charge in [-0.05, 0) is 80.3 Å². The van der Waals surface area contributed by atoms with Gasteiger partial charge in [0.05, 0.1) is 11.0 Å². The molecule has 0 spiro atoms. The van der Waals surface area contributed by atoms with E-state index in [1.165, 1.54) is 0 Å². The number of pyridine rings is 1. The third-order valence-corrected chi connectivity index (χ3v) is 7.00. The zero-order valence-electron chi connectivity index (χ0n) is 22.0. The summed E-state index contributed by atoms with van der Waals surface area (Å²) in [5, 5.41) is 3.82. The van der Waals surface area contributed by atoms with Crippen LogP contribution in [0.15, 0.2) is 58.3 Å². The van der Waals surface area contributed by atoms with Crippen molar-refractivity contribution >= 4 is 27.8 Å². The predicted molar refractivity (Wildman–Crippen MR) is 151 cm³/mol. The molecule has 3 aromatic heterocycles. The number of benzene rings is 2. The molecule has 0 fully saturated rings. The Hall–Kier alpha value is -4.53. The van der Waals surface area contributed by atoms with E-state index in [1.807, 2.05) is 43.5 Å². The SMILES string of the molecule is CCCc1cc(C)[nH]c(=O)c1CNC(=O)c1cc(-c2ccc3c(c2)[nH]c(=O)n3N)cc2c1ccn2C(C)C. The molecule has 5 aromatic rings. The highest BCUT2D eigenvalue weighted by molar-refractivity contribution is 6.08. The minimum Gasteiger partial charge on any atom is -0.348 e. The van der Waals surface area contributed by atoms with Crippen LogP contribution in [0.4, 0.5) is 0 Å². The second-order valence-corrected chi connectivity index (χ2v) is 10.0. The van der Waals surface area contributed by atoms with Crippen LogP contribution in [-0.4, -0.2) is 25.1 Å². The van der Waals surface area contributed by atoms with Crippen LogP contribution in [0, 0.1) is 6.92 Å². The Morgan fingerprint density at radius 3 is 2.55 bits per heavy atom. The minimum atomic E-state index is -0.394. The van der Waals surface area contributed by atoms with Gasteiger partial charge in [-0.25, -0.2) is 9.47 Å². The van der Waals surface area contributed by atoms with E-state index in [0.29, 0.717) is 22.2 Å². The Kier molecular flexibility index (Phi) is 6.44. The molecule has 0 atom stereocenters. The van der Waals surface area contributed by atoms with Gasteiger partial charge < -0.3 is 25.7 Å². The van der Waals surface area contributed by atoms with Crippen molar-refractivity contribution in [1.29, 1.82) is 0 Å². The maximum absolute atomic E-state index is 13.6. The summed E-state index contributed by atoms with van der Waals surface area (Å²) in [5.41, 5.74) is 6.09. The maximum Gasteiger partial charge on any atom is 0.344 e. The van der Waals surface area contributed by atoms with Gasteiger partial charge in [-0.1, -0.05) is 19.4 Å².